The monoisotopic (exact) mass is 415 g/mol. The molecule has 0 radical (unpaired) electrons. The Morgan fingerprint density at radius 1 is 1.10 bits per heavy atom. The van der Waals surface area contributed by atoms with Gasteiger partial charge in [0.15, 0.2) is 6.10 Å². The maximum Gasteiger partial charge on any atom is 0.263 e. The van der Waals surface area contributed by atoms with Gasteiger partial charge in [0.2, 0.25) is 10.0 Å². The van der Waals surface area contributed by atoms with Crippen molar-refractivity contribution in [2.24, 2.45) is 0 Å². The predicted octanol–water partition coefficient (Wildman–Crippen LogP) is 2.13. The quantitative estimate of drug-likeness (QED) is 0.809. The zero-order valence-electron chi connectivity index (χ0n) is 16.4. The van der Waals surface area contributed by atoms with E-state index in [1.807, 2.05) is 12.1 Å². The normalized spacial score (nSPS) is 18.9. The number of sulfonamides is 1. The third kappa shape index (κ3) is 4.32. The molecule has 2 aromatic carbocycles. The summed E-state index contributed by atoms with van der Waals surface area (Å²) in [4.78, 5) is 15.0. The molecular formula is C21H25N3O4S. The summed E-state index contributed by atoms with van der Waals surface area (Å²) in [6.07, 6.45) is 2.69. The van der Waals surface area contributed by atoms with Crippen LogP contribution >= 0.6 is 0 Å². The first-order chi connectivity index (χ1) is 13.9. The standard InChI is InChI=1S/C21H25N3O4S/c1-29(26,27)24-15-20(28-19-7-3-2-6-18(19)24)21(25)22-14-16-8-10-17(11-9-16)23-12-4-5-13-23/h2-3,6-11,20H,4-5,12-15H2,1H3,(H,22,25)/t20-/m0/s1. The zero-order valence-corrected chi connectivity index (χ0v) is 17.2. The van der Waals surface area contributed by atoms with Crippen LogP contribution in [0.2, 0.25) is 0 Å². The number of para-hydroxylation sites is 2. The van der Waals surface area contributed by atoms with Crippen LogP contribution in [0.5, 0.6) is 5.75 Å². The largest absolute Gasteiger partial charge is 0.476 e. The molecule has 1 N–H and O–H groups in total. The van der Waals surface area contributed by atoms with Crippen LogP contribution in [0.4, 0.5) is 11.4 Å². The van der Waals surface area contributed by atoms with Crippen LogP contribution in [0.15, 0.2) is 48.5 Å². The highest BCUT2D eigenvalue weighted by Crippen LogP contribution is 2.34. The fourth-order valence-corrected chi connectivity index (χ4v) is 4.67. The van der Waals surface area contributed by atoms with Gasteiger partial charge in [-0.15, -0.1) is 0 Å². The van der Waals surface area contributed by atoms with E-state index in [0.717, 1.165) is 24.9 Å². The molecule has 1 amide bonds. The molecule has 154 valence electrons. The van der Waals surface area contributed by atoms with Crippen LogP contribution < -0.4 is 19.3 Å². The Kier molecular flexibility index (Phi) is 5.36. The predicted molar refractivity (Wildman–Crippen MR) is 113 cm³/mol. The van der Waals surface area contributed by atoms with E-state index in [2.05, 4.69) is 22.3 Å². The number of anilines is 2. The summed E-state index contributed by atoms with van der Waals surface area (Å²) in [6.45, 7) is 2.50. The number of benzene rings is 2. The maximum atomic E-state index is 12.7. The summed E-state index contributed by atoms with van der Waals surface area (Å²) in [6, 6.07) is 15.0. The highest BCUT2D eigenvalue weighted by molar-refractivity contribution is 7.92. The molecule has 2 aromatic rings. The van der Waals surface area contributed by atoms with Gasteiger partial charge in [-0.2, -0.15) is 0 Å². The Balaban J connectivity index is 1.41. The third-order valence-electron chi connectivity index (χ3n) is 5.30. The minimum absolute atomic E-state index is 0.0461. The molecule has 0 unspecified atom stereocenters. The summed E-state index contributed by atoms with van der Waals surface area (Å²) >= 11 is 0. The van der Waals surface area contributed by atoms with Crippen LogP contribution in [-0.2, 0) is 21.4 Å². The van der Waals surface area contributed by atoms with Crippen molar-refractivity contribution in [2.75, 3.05) is 35.1 Å². The molecule has 1 fully saturated rings. The first kappa shape index (κ1) is 19.6. The molecule has 0 aromatic heterocycles. The van der Waals surface area contributed by atoms with E-state index >= 15 is 0 Å². The Hall–Kier alpha value is -2.74. The molecule has 0 spiro atoms. The van der Waals surface area contributed by atoms with Crippen LogP contribution in [0.25, 0.3) is 0 Å². The number of ether oxygens (including phenoxy) is 1. The number of hydrogen-bond acceptors (Lipinski definition) is 5. The van der Waals surface area contributed by atoms with Crippen molar-refractivity contribution in [3.8, 4) is 5.75 Å². The van der Waals surface area contributed by atoms with Crippen LogP contribution in [-0.4, -0.2) is 46.3 Å². The molecule has 7 nitrogen and oxygen atoms in total. The van der Waals surface area contributed by atoms with Gasteiger partial charge in [-0.25, -0.2) is 8.42 Å². The molecule has 0 bridgehead atoms. The molecule has 4 rings (SSSR count). The van der Waals surface area contributed by atoms with Gasteiger partial charge < -0.3 is 15.0 Å². The number of nitrogens with zero attached hydrogens (tertiary/aromatic N) is 2. The number of fused-ring (bicyclic) bond motifs is 1. The van der Waals surface area contributed by atoms with Gasteiger partial charge in [0.05, 0.1) is 18.5 Å². The van der Waals surface area contributed by atoms with Crippen molar-refractivity contribution in [1.82, 2.24) is 5.32 Å². The summed E-state index contributed by atoms with van der Waals surface area (Å²) in [5.74, 6) is 0.0519. The fourth-order valence-electron chi connectivity index (χ4n) is 3.76. The van der Waals surface area contributed by atoms with Crippen molar-refractivity contribution in [2.45, 2.75) is 25.5 Å². The lowest BCUT2D eigenvalue weighted by Gasteiger charge is -2.33. The lowest BCUT2D eigenvalue weighted by Crippen LogP contribution is -2.50. The molecule has 29 heavy (non-hydrogen) atoms. The molecule has 2 heterocycles. The first-order valence-electron chi connectivity index (χ1n) is 9.77. The summed E-state index contributed by atoms with van der Waals surface area (Å²) in [7, 11) is -3.52. The zero-order chi connectivity index (χ0) is 20.4. The summed E-state index contributed by atoms with van der Waals surface area (Å²) in [5.41, 5.74) is 2.64. The molecule has 2 aliphatic heterocycles. The number of rotatable bonds is 5. The third-order valence-corrected chi connectivity index (χ3v) is 6.45. The minimum Gasteiger partial charge on any atom is -0.476 e. The van der Waals surface area contributed by atoms with Gasteiger partial charge in [0.1, 0.15) is 5.75 Å². The van der Waals surface area contributed by atoms with E-state index < -0.39 is 16.1 Å². The van der Waals surface area contributed by atoms with Gasteiger partial charge in [0, 0.05) is 25.3 Å². The number of carbonyl (C=O) groups is 1. The molecule has 1 saturated heterocycles. The van der Waals surface area contributed by atoms with Crippen LogP contribution in [0, 0.1) is 0 Å². The second-order valence-corrected chi connectivity index (χ2v) is 9.35. The fraction of sp³-hybridized carbons (Fsp3) is 0.381. The number of hydrogen-bond donors (Lipinski definition) is 1. The van der Waals surface area contributed by atoms with Gasteiger partial charge in [-0.3, -0.25) is 9.10 Å². The van der Waals surface area contributed by atoms with Gasteiger partial charge in [0.25, 0.3) is 5.91 Å². The summed E-state index contributed by atoms with van der Waals surface area (Å²) in [5, 5.41) is 2.86. The van der Waals surface area contributed by atoms with E-state index in [0.29, 0.717) is 18.0 Å². The summed E-state index contributed by atoms with van der Waals surface area (Å²) < 4.78 is 31.3. The molecule has 0 saturated carbocycles. The molecular weight excluding hydrogens is 390 g/mol. The van der Waals surface area contributed by atoms with Crippen molar-refractivity contribution in [1.29, 1.82) is 0 Å². The first-order valence-corrected chi connectivity index (χ1v) is 11.6. The molecule has 1 atom stereocenters. The number of carbonyl (C=O) groups excluding carboxylic acids is 1. The van der Waals surface area contributed by atoms with Crippen molar-refractivity contribution >= 4 is 27.3 Å². The Bertz CT molecular complexity index is 985. The highest BCUT2D eigenvalue weighted by Gasteiger charge is 2.34. The Morgan fingerprint density at radius 2 is 1.79 bits per heavy atom. The molecule has 0 aliphatic carbocycles. The van der Waals surface area contributed by atoms with Crippen molar-refractivity contribution in [3.63, 3.8) is 0 Å². The maximum absolute atomic E-state index is 12.7. The minimum atomic E-state index is -3.52. The van der Waals surface area contributed by atoms with Crippen molar-refractivity contribution in [3.05, 3.63) is 54.1 Å². The van der Waals surface area contributed by atoms with Crippen molar-refractivity contribution < 1.29 is 17.9 Å². The lowest BCUT2D eigenvalue weighted by atomic mass is 10.2. The van der Waals surface area contributed by atoms with E-state index in [1.165, 1.54) is 22.8 Å². The van der Waals surface area contributed by atoms with Gasteiger partial charge in [-0.1, -0.05) is 24.3 Å². The van der Waals surface area contributed by atoms with Gasteiger partial charge >= 0.3 is 0 Å². The highest BCUT2D eigenvalue weighted by atomic mass is 32.2. The molecule has 8 heteroatoms. The average molecular weight is 416 g/mol. The van der Waals surface area contributed by atoms with Crippen LogP contribution in [0.3, 0.4) is 0 Å². The van der Waals surface area contributed by atoms with Crippen LogP contribution in [0.1, 0.15) is 18.4 Å². The SMILES string of the molecule is CS(=O)(=O)N1C[C@@H](C(=O)NCc2ccc(N3CCCC3)cc2)Oc2ccccc21. The van der Waals surface area contributed by atoms with E-state index in [4.69, 9.17) is 4.74 Å². The second kappa shape index (κ2) is 7.94. The second-order valence-electron chi connectivity index (χ2n) is 7.45. The topological polar surface area (TPSA) is 79.0 Å². The number of amides is 1. The molecule has 2 aliphatic rings. The number of nitrogens with one attached hydrogen (secondary N) is 1. The lowest BCUT2D eigenvalue weighted by molar-refractivity contribution is -0.127. The average Bonchev–Trinajstić information content (AvgIpc) is 3.25. The van der Waals surface area contributed by atoms with Gasteiger partial charge in [-0.05, 0) is 42.7 Å². The van der Waals surface area contributed by atoms with E-state index in [9.17, 15) is 13.2 Å². The van der Waals surface area contributed by atoms with E-state index in [-0.39, 0.29) is 12.5 Å². The van der Waals surface area contributed by atoms with E-state index in [1.54, 1.807) is 24.3 Å². The smallest absolute Gasteiger partial charge is 0.263 e. The Morgan fingerprint density at radius 3 is 2.48 bits per heavy atom. The Labute approximate surface area is 171 Å².